The summed E-state index contributed by atoms with van der Waals surface area (Å²) in [6, 6.07) is 11.0. The van der Waals surface area contributed by atoms with E-state index in [-0.39, 0.29) is 82.8 Å². The highest BCUT2D eigenvalue weighted by Gasteiger charge is 2.61. The normalized spacial score (nSPS) is 37.8. The summed E-state index contributed by atoms with van der Waals surface area (Å²) < 4.78 is 20.9. The second-order valence-corrected chi connectivity index (χ2v) is 30.2. The van der Waals surface area contributed by atoms with Crippen molar-refractivity contribution >= 4 is 39.4 Å². The number of hydrogen-bond acceptors (Lipinski definition) is 15. The molecule has 1 amide bonds. The van der Waals surface area contributed by atoms with Crippen LogP contribution in [0.3, 0.4) is 0 Å². The van der Waals surface area contributed by atoms with Gasteiger partial charge < -0.3 is 55.7 Å². The number of carbonyl (C=O) groups excluding carboxylic acids is 3. The largest absolute Gasteiger partial charge is 0.508 e. The molecule has 0 unspecified atom stereocenters. The molecule has 11 rings (SSSR count). The van der Waals surface area contributed by atoms with Gasteiger partial charge in [-0.05, 0) is 163 Å². The molecule has 83 heavy (non-hydrogen) atoms. The quantitative estimate of drug-likeness (QED) is 0.0481. The van der Waals surface area contributed by atoms with Crippen molar-refractivity contribution in [1.29, 1.82) is 0 Å². The molecule has 3 saturated heterocycles. The van der Waals surface area contributed by atoms with Crippen molar-refractivity contribution in [3.05, 3.63) is 65.2 Å². The Balaban J connectivity index is 1.01. The number of carbonyl (C=O) groups is 3. The van der Waals surface area contributed by atoms with Crippen molar-refractivity contribution in [1.82, 2.24) is 16.0 Å². The standard InChI is InChI=1S/C67H93N3O11S2/c1-42-10-9-24-64(34-42,35-44-14-17-48(73)18-15-44)39-69-53-38-82-83-41-63(3,78)36-46-12-8-11-45-32-51-52(65(40-71)25-6-7-26-65)37-79-61-55(75)22-20-50(59(51)61)60(45)66(28-30-68-31-29-66)57(33-56(80-43(2)72)49(46)19-21-54(53)74)81-62(77)67-27-5-4-13-47(67)16-23-58(76)70-67/h9,14-15,17-18,20,22,24,42,45-47,49,51-54,56-57,60,68-69,71,73-75,78H,4-7,10,12-13,16,19,21,23,25-41H2,1-3H3,(H,70,76)/t42-,45+,46-,47-,49+,51-,52-,53-,54-,56+,57-,60+,63+,64+,67-/m1/s1. The highest BCUT2D eigenvalue weighted by atomic mass is 33.1. The number of phenols is 2. The van der Waals surface area contributed by atoms with Gasteiger partial charge >= 0.3 is 11.9 Å². The minimum Gasteiger partial charge on any atom is -0.508 e. The van der Waals surface area contributed by atoms with Crippen LogP contribution in [0, 0.1) is 63.6 Å². The molecule has 0 aromatic heterocycles. The number of aromatic hydroxyl groups is 2. The fourth-order valence-electron chi connectivity index (χ4n) is 18.1. The molecular weight excluding hydrogens is 1090 g/mol. The zero-order chi connectivity index (χ0) is 58.2. The number of hydrogen-bond donors (Lipinski definition) is 8. The number of ether oxygens (including phenoxy) is 3. The smallest absolute Gasteiger partial charge is 0.332 e. The van der Waals surface area contributed by atoms with Crippen molar-refractivity contribution < 1.29 is 54.1 Å². The SMILES string of the molecule is CC(=O)O[C@H]1C[C@@H](OC(=O)[C@@]23CCCC[C@@H]2CCC(=O)N3)C2(CCNCC2)[C@@H]2c3ccc(O)c4c3[C@H](C[C@@H]2C#CC[C@@H]2C[C@](C)(O)CSSC[C@@H](NC[C@@]3(Cc5ccc(O)cc5)C=CC[C@@H](C)C3)[C@H](O)CC[C@@H]21)[C@H](C1(CO)CCCC1)CO4. The Morgan fingerprint density at radius 3 is 2.47 bits per heavy atom. The first-order valence-electron chi connectivity index (χ1n) is 31.8. The van der Waals surface area contributed by atoms with Crippen molar-refractivity contribution in [2.75, 3.05) is 44.4 Å². The van der Waals surface area contributed by atoms with Crippen LogP contribution in [0.2, 0.25) is 0 Å². The van der Waals surface area contributed by atoms with Gasteiger partial charge in [0.1, 0.15) is 23.5 Å². The van der Waals surface area contributed by atoms with E-state index in [4.69, 9.17) is 14.2 Å². The topological polar surface area (TPSA) is 216 Å². The first-order valence-corrected chi connectivity index (χ1v) is 34.3. The fraction of sp³-hybridized carbons (Fsp3) is 0.716. The van der Waals surface area contributed by atoms with E-state index in [0.29, 0.717) is 114 Å². The van der Waals surface area contributed by atoms with E-state index in [2.05, 4.69) is 52.9 Å². The van der Waals surface area contributed by atoms with E-state index in [1.165, 1.54) is 6.92 Å². The van der Waals surface area contributed by atoms with Gasteiger partial charge in [0.15, 0.2) is 11.5 Å². The minimum absolute atomic E-state index is 0.0226. The van der Waals surface area contributed by atoms with Gasteiger partial charge in [0.2, 0.25) is 5.91 Å². The Bertz CT molecular complexity index is 2730. The lowest BCUT2D eigenvalue weighted by molar-refractivity contribution is -0.183. The summed E-state index contributed by atoms with van der Waals surface area (Å²) in [6.07, 6.45) is 16.3. The number of allylic oxidation sites excluding steroid dienone is 1. The van der Waals surface area contributed by atoms with E-state index in [9.17, 15) is 35.1 Å². The Morgan fingerprint density at radius 2 is 1.71 bits per heavy atom. The molecule has 2 saturated carbocycles. The first kappa shape index (κ1) is 60.7. The molecule has 5 fully saturated rings. The second kappa shape index (κ2) is 25.4. The molecule has 5 aliphatic carbocycles. The lowest BCUT2D eigenvalue weighted by Crippen LogP contribution is -2.65. The molecule has 4 heterocycles. The summed E-state index contributed by atoms with van der Waals surface area (Å²) in [5, 5.41) is 69.3. The van der Waals surface area contributed by atoms with Gasteiger partial charge in [-0.2, -0.15) is 0 Å². The number of piperidine rings is 2. The van der Waals surface area contributed by atoms with Crippen molar-refractivity contribution in [3.63, 3.8) is 0 Å². The third kappa shape index (κ3) is 12.6. The molecule has 16 heteroatoms. The molecule has 0 bridgehead atoms. The number of benzene rings is 2. The van der Waals surface area contributed by atoms with Crippen molar-refractivity contribution in [3.8, 4) is 29.1 Å². The predicted molar refractivity (Wildman–Crippen MR) is 324 cm³/mol. The molecular formula is C67H93N3O11S2. The van der Waals surface area contributed by atoms with Crippen LogP contribution in [0.25, 0.3) is 0 Å². The molecule has 15 atom stereocenters. The maximum atomic E-state index is 15.9. The monoisotopic (exact) mass is 1180 g/mol. The average molecular weight is 1180 g/mol. The summed E-state index contributed by atoms with van der Waals surface area (Å²) in [5.41, 5.74) is -0.616. The van der Waals surface area contributed by atoms with E-state index < -0.39 is 52.7 Å². The van der Waals surface area contributed by atoms with E-state index in [1.807, 2.05) is 19.1 Å². The molecule has 8 N–H and O–H groups in total. The summed E-state index contributed by atoms with van der Waals surface area (Å²) >= 11 is 0. The maximum absolute atomic E-state index is 15.9. The first-order chi connectivity index (χ1) is 39.9. The van der Waals surface area contributed by atoms with Gasteiger partial charge in [0, 0.05) is 102 Å². The van der Waals surface area contributed by atoms with Crippen LogP contribution >= 0.6 is 21.6 Å². The lowest BCUT2D eigenvalue weighted by atomic mass is 9.51. The van der Waals surface area contributed by atoms with E-state index >= 15 is 4.79 Å². The predicted octanol–water partition coefficient (Wildman–Crippen LogP) is 9.78. The number of amides is 1. The van der Waals surface area contributed by atoms with E-state index in [0.717, 1.165) is 80.9 Å². The van der Waals surface area contributed by atoms with Crippen LogP contribution in [0.4, 0.5) is 0 Å². The zero-order valence-electron chi connectivity index (χ0n) is 49.3. The van der Waals surface area contributed by atoms with Crippen molar-refractivity contribution in [2.45, 2.75) is 203 Å². The van der Waals surface area contributed by atoms with Gasteiger partial charge in [-0.1, -0.05) is 90.5 Å². The fourth-order valence-corrected chi connectivity index (χ4v) is 20.9. The van der Waals surface area contributed by atoms with Gasteiger partial charge in [0.05, 0.1) is 18.3 Å². The number of nitrogens with one attached hydrogen (secondary N) is 3. The summed E-state index contributed by atoms with van der Waals surface area (Å²) in [5.74, 6) is 7.47. The summed E-state index contributed by atoms with van der Waals surface area (Å²) in [4.78, 5) is 43.4. The molecule has 4 aliphatic heterocycles. The zero-order valence-corrected chi connectivity index (χ0v) is 51.0. The average Bonchev–Trinajstić information content (AvgIpc) is 2.03. The minimum atomic E-state index is -1.20. The molecule has 1 spiro atoms. The highest BCUT2D eigenvalue weighted by Crippen LogP contribution is 2.65. The molecule has 2 aromatic carbocycles. The maximum Gasteiger partial charge on any atom is 0.332 e. The lowest BCUT2D eigenvalue weighted by Gasteiger charge is -2.56. The molecule has 2 aromatic rings. The van der Waals surface area contributed by atoms with Gasteiger partial charge in [-0.3, -0.25) is 9.59 Å². The second-order valence-electron chi connectivity index (χ2n) is 27.7. The highest BCUT2D eigenvalue weighted by molar-refractivity contribution is 8.76. The van der Waals surface area contributed by atoms with Crippen LogP contribution < -0.4 is 20.7 Å². The number of aliphatic hydroxyl groups is 3. The van der Waals surface area contributed by atoms with Gasteiger partial charge in [0.25, 0.3) is 0 Å². The number of phenolic OH excluding ortho intramolecular Hbond substituents is 2. The number of esters is 2. The van der Waals surface area contributed by atoms with Gasteiger partial charge in [-0.15, -0.1) is 5.92 Å². The van der Waals surface area contributed by atoms with Crippen LogP contribution in [0.15, 0.2) is 48.6 Å². The summed E-state index contributed by atoms with van der Waals surface area (Å²) in [7, 11) is 3.27. The summed E-state index contributed by atoms with van der Waals surface area (Å²) in [6.45, 7) is 7.93. The molecule has 9 aliphatic rings. The number of rotatable bonds is 10. The Labute approximate surface area is 500 Å². The van der Waals surface area contributed by atoms with Gasteiger partial charge in [-0.25, -0.2) is 4.79 Å². The van der Waals surface area contributed by atoms with E-state index in [1.54, 1.807) is 39.8 Å². The Morgan fingerprint density at radius 1 is 0.928 bits per heavy atom. The van der Waals surface area contributed by atoms with Crippen LogP contribution in [-0.4, -0.2) is 123 Å². The Hall–Kier alpha value is -3.95. The molecule has 14 nitrogen and oxygen atoms in total. The number of fused-ring (bicyclic) bond motifs is 5. The molecule has 0 radical (unpaired) electrons. The van der Waals surface area contributed by atoms with Crippen LogP contribution in [-0.2, 0) is 30.3 Å². The third-order valence-electron chi connectivity index (χ3n) is 22.1. The number of aliphatic hydroxyl groups excluding tert-OH is 2. The Kier molecular flexibility index (Phi) is 18.6. The third-order valence-corrected chi connectivity index (χ3v) is 24.8. The van der Waals surface area contributed by atoms with Crippen LogP contribution in [0.1, 0.15) is 178 Å². The molecule has 454 valence electrons. The van der Waals surface area contributed by atoms with Crippen molar-refractivity contribution in [2.24, 2.45) is 51.8 Å². The van der Waals surface area contributed by atoms with Crippen LogP contribution in [0.5, 0.6) is 17.2 Å².